The molecular weight excluding hydrogens is 711 g/mol. The van der Waals surface area contributed by atoms with E-state index in [2.05, 4.69) is 169 Å². The smallest absolute Gasteiger partial charge is 0.0719 e. The number of aryl methyl sites for hydroxylation is 4. The molecule has 1 aromatic heterocycles. The van der Waals surface area contributed by atoms with Crippen LogP contribution in [0.15, 0.2) is 127 Å². The Kier molecular flexibility index (Phi) is 10.7. The van der Waals surface area contributed by atoms with Gasteiger partial charge in [-0.05, 0) is 158 Å². The first-order valence-electron chi connectivity index (χ1n) is 22.5. The topological polar surface area (TPSA) is 12.9 Å². The molecule has 9 rings (SSSR count). The lowest BCUT2D eigenvalue weighted by atomic mass is 9.82. The third kappa shape index (κ3) is 7.28. The highest BCUT2D eigenvalue weighted by Gasteiger charge is 2.35. The van der Waals surface area contributed by atoms with Crippen LogP contribution in [0.4, 0.5) is 0 Å². The predicted octanol–water partition coefficient (Wildman–Crippen LogP) is 16.7. The van der Waals surface area contributed by atoms with Gasteiger partial charge >= 0.3 is 0 Å². The third-order valence-electron chi connectivity index (χ3n) is 13.6. The maximum Gasteiger partial charge on any atom is 0.0719 e. The summed E-state index contributed by atoms with van der Waals surface area (Å²) >= 11 is 0. The van der Waals surface area contributed by atoms with Crippen molar-refractivity contribution in [2.75, 3.05) is 0 Å². The highest BCUT2D eigenvalue weighted by molar-refractivity contribution is 6.13. The lowest BCUT2D eigenvalue weighted by Crippen LogP contribution is -2.14. The molecule has 0 N–H and O–H groups in total. The monoisotopic (exact) mass is 769 g/mol. The maximum atomic E-state index is 5.50. The molecule has 0 unspecified atom stereocenters. The number of unbranched alkanes of at least 4 members (excludes halogenated alkanes) is 6. The molecule has 1 heteroatoms. The summed E-state index contributed by atoms with van der Waals surface area (Å²) in [5.41, 5.74) is 19.4. The average molecular weight is 770 g/mol. The summed E-state index contributed by atoms with van der Waals surface area (Å²) in [4.78, 5) is 5.50. The largest absolute Gasteiger partial charge is 0.248 e. The Hall–Kier alpha value is -5.53. The van der Waals surface area contributed by atoms with Crippen LogP contribution in [0.3, 0.4) is 0 Å². The number of hydrogen-bond donors (Lipinski definition) is 0. The van der Waals surface area contributed by atoms with Crippen molar-refractivity contribution in [1.82, 2.24) is 4.98 Å². The zero-order valence-electron chi connectivity index (χ0n) is 36.1. The summed E-state index contributed by atoms with van der Waals surface area (Å²) in [5, 5.41) is 6.46. The van der Waals surface area contributed by atoms with Crippen LogP contribution in [-0.2, 0) is 18.3 Å². The standard InChI is InChI=1S/C58H59N/c1-7-9-11-14-20-40-30-41(21-15-12-10-8-2)32-45(31-40)43-26-29-47-49(33-43)39(4)38(3)46-28-27-44(34-51(46)47)56-36-50(42-22-16-13-17-23-42)53-35-52-48-24-18-19-25-54(48)58(5,6)55(52)37-57(53)59-56/h13,16-19,22-37H,7-12,14-15,20-21H2,1-6H3. The molecule has 0 saturated carbocycles. The van der Waals surface area contributed by atoms with Crippen LogP contribution in [-0.4, -0.2) is 4.98 Å². The van der Waals surface area contributed by atoms with E-state index in [4.69, 9.17) is 4.98 Å². The first kappa shape index (κ1) is 39.0. The van der Waals surface area contributed by atoms with E-state index in [9.17, 15) is 0 Å². The SMILES string of the molecule is CCCCCCc1cc(CCCCCC)cc(-c2ccc3c(c2)c(C)c(C)c2ccc(-c4cc(-c5ccccc5)c5cc6c(cc5n4)C(C)(C)c4ccccc4-6)cc23)c1. The van der Waals surface area contributed by atoms with Crippen molar-refractivity contribution in [3.63, 3.8) is 0 Å². The number of fused-ring (bicyclic) bond motifs is 7. The fourth-order valence-corrected chi connectivity index (χ4v) is 10.1. The molecule has 0 bridgehead atoms. The van der Waals surface area contributed by atoms with Gasteiger partial charge in [0, 0.05) is 16.4 Å². The van der Waals surface area contributed by atoms with Gasteiger partial charge < -0.3 is 0 Å². The molecule has 1 nitrogen and oxygen atoms in total. The van der Waals surface area contributed by atoms with E-state index in [1.165, 1.54) is 145 Å². The van der Waals surface area contributed by atoms with E-state index in [1.54, 1.807) is 0 Å². The number of nitrogens with zero attached hydrogens (tertiary/aromatic N) is 1. The first-order valence-corrected chi connectivity index (χ1v) is 22.5. The van der Waals surface area contributed by atoms with Crippen LogP contribution >= 0.6 is 0 Å². The third-order valence-corrected chi connectivity index (χ3v) is 13.6. The van der Waals surface area contributed by atoms with Crippen molar-refractivity contribution in [1.29, 1.82) is 0 Å². The van der Waals surface area contributed by atoms with Crippen molar-refractivity contribution in [3.05, 3.63) is 161 Å². The van der Waals surface area contributed by atoms with Gasteiger partial charge in [-0.3, -0.25) is 0 Å². The molecule has 8 aromatic rings. The number of hydrogen-bond acceptors (Lipinski definition) is 1. The maximum absolute atomic E-state index is 5.50. The summed E-state index contributed by atoms with van der Waals surface area (Å²) in [5.74, 6) is 0. The van der Waals surface area contributed by atoms with Crippen molar-refractivity contribution >= 4 is 32.4 Å². The Morgan fingerprint density at radius 2 is 1.07 bits per heavy atom. The molecule has 1 heterocycles. The number of rotatable bonds is 13. The Morgan fingerprint density at radius 3 is 1.80 bits per heavy atom. The zero-order valence-corrected chi connectivity index (χ0v) is 36.1. The lowest BCUT2D eigenvalue weighted by molar-refractivity contribution is 0.661. The second-order valence-electron chi connectivity index (χ2n) is 17.9. The second kappa shape index (κ2) is 16.3. The summed E-state index contributed by atoms with van der Waals surface area (Å²) < 4.78 is 0. The lowest BCUT2D eigenvalue weighted by Gasteiger charge is -2.22. The van der Waals surface area contributed by atoms with Crippen LogP contribution in [0.5, 0.6) is 0 Å². The van der Waals surface area contributed by atoms with Crippen LogP contribution < -0.4 is 0 Å². The van der Waals surface area contributed by atoms with Crippen LogP contribution in [0.25, 0.3) is 77.1 Å². The van der Waals surface area contributed by atoms with Crippen molar-refractivity contribution in [3.8, 4) is 44.6 Å². The molecule has 59 heavy (non-hydrogen) atoms. The molecule has 0 atom stereocenters. The van der Waals surface area contributed by atoms with Crippen molar-refractivity contribution < 1.29 is 0 Å². The van der Waals surface area contributed by atoms with Crippen LogP contribution in [0, 0.1) is 13.8 Å². The van der Waals surface area contributed by atoms with E-state index in [-0.39, 0.29) is 5.41 Å². The fourth-order valence-electron chi connectivity index (χ4n) is 10.1. The second-order valence-corrected chi connectivity index (χ2v) is 17.9. The molecule has 1 aliphatic rings. The summed E-state index contributed by atoms with van der Waals surface area (Å²) in [6.07, 6.45) is 12.7. The molecule has 0 spiro atoms. The van der Waals surface area contributed by atoms with Crippen LogP contribution in [0.2, 0.25) is 0 Å². The molecule has 0 amide bonds. The molecule has 1 aliphatic carbocycles. The summed E-state index contributed by atoms with van der Waals surface area (Å²) in [7, 11) is 0. The van der Waals surface area contributed by atoms with E-state index >= 15 is 0 Å². The van der Waals surface area contributed by atoms with Gasteiger partial charge in [0.05, 0.1) is 11.2 Å². The highest BCUT2D eigenvalue weighted by atomic mass is 14.7. The molecule has 0 radical (unpaired) electrons. The molecule has 0 fully saturated rings. The van der Waals surface area contributed by atoms with Crippen LogP contribution in [0.1, 0.15) is 112 Å². The summed E-state index contributed by atoms with van der Waals surface area (Å²) in [6, 6.07) is 48.6. The fraction of sp³-hybridized carbons (Fsp3) is 0.293. The molecule has 0 saturated heterocycles. The van der Waals surface area contributed by atoms with E-state index in [1.807, 2.05) is 0 Å². The number of aromatic nitrogens is 1. The Labute approximate surface area is 352 Å². The minimum Gasteiger partial charge on any atom is -0.248 e. The minimum absolute atomic E-state index is 0.0903. The number of benzene rings is 7. The predicted molar refractivity (Wildman–Crippen MR) is 256 cm³/mol. The van der Waals surface area contributed by atoms with Gasteiger partial charge in [0.2, 0.25) is 0 Å². The molecular formula is C58H59N. The van der Waals surface area contributed by atoms with E-state index < -0.39 is 0 Å². The zero-order chi connectivity index (χ0) is 40.7. The average Bonchev–Trinajstić information content (AvgIpc) is 3.49. The summed E-state index contributed by atoms with van der Waals surface area (Å²) in [6.45, 7) is 13.9. The van der Waals surface area contributed by atoms with Gasteiger partial charge in [0.1, 0.15) is 0 Å². The van der Waals surface area contributed by atoms with Gasteiger partial charge in [0.25, 0.3) is 0 Å². The number of pyridine rings is 1. The van der Waals surface area contributed by atoms with Gasteiger partial charge in [0.15, 0.2) is 0 Å². The Morgan fingerprint density at radius 1 is 0.424 bits per heavy atom. The van der Waals surface area contributed by atoms with E-state index in [0.29, 0.717) is 0 Å². The first-order chi connectivity index (χ1) is 28.7. The Balaban J connectivity index is 1.16. The normalized spacial score (nSPS) is 13.1. The van der Waals surface area contributed by atoms with Gasteiger partial charge in [-0.25, -0.2) is 4.98 Å². The van der Waals surface area contributed by atoms with Gasteiger partial charge in [-0.15, -0.1) is 0 Å². The Bertz CT molecular complexity index is 2810. The minimum atomic E-state index is -0.0903. The molecule has 296 valence electrons. The van der Waals surface area contributed by atoms with Gasteiger partial charge in [-0.1, -0.05) is 163 Å². The van der Waals surface area contributed by atoms with E-state index in [0.717, 1.165) is 29.6 Å². The van der Waals surface area contributed by atoms with Crippen molar-refractivity contribution in [2.45, 2.75) is 111 Å². The van der Waals surface area contributed by atoms with Crippen molar-refractivity contribution in [2.24, 2.45) is 0 Å². The highest BCUT2D eigenvalue weighted by Crippen LogP contribution is 2.50. The molecule has 7 aromatic carbocycles. The quantitative estimate of drug-likeness (QED) is 0.0841. The van der Waals surface area contributed by atoms with Gasteiger partial charge in [-0.2, -0.15) is 0 Å². The molecule has 0 aliphatic heterocycles.